The number of Topliss-reactive ketones (excluding diaryl/α,β-unsaturated/α-hetero) is 1. The minimum Gasteiger partial charge on any atom is -0.482 e. The van der Waals surface area contributed by atoms with E-state index < -0.39 is 6.04 Å². The van der Waals surface area contributed by atoms with Gasteiger partial charge in [0.05, 0.1) is 23.1 Å². The van der Waals surface area contributed by atoms with Crippen molar-refractivity contribution in [2.45, 2.75) is 13.0 Å². The summed E-state index contributed by atoms with van der Waals surface area (Å²) < 4.78 is 5.64. The quantitative estimate of drug-likeness (QED) is 0.413. The number of fused-ring (bicyclic) bond motifs is 1. The average molecular weight is 442 g/mol. The van der Waals surface area contributed by atoms with E-state index in [1.165, 1.54) is 16.2 Å². The van der Waals surface area contributed by atoms with Gasteiger partial charge in [-0.05, 0) is 37.3 Å². The minimum atomic E-state index is -0.665. The van der Waals surface area contributed by atoms with Crippen LogP contribution in [0, 0.1) is 0 Å². The number of hydrogen-bond donors (Lipinski definition) is 0. The van der Waals surface area contributed by atoms with Crippen LogP contribution in [0.2, 0.25) is 0 Å². The molecular weight excluding hydrogens is 422 g/mol. The molecule has 32 heavy (non-hydrogen) atoms. The summed E-state index contributed by atoms with van der Waals surface area (Å²) in [5.74, 6) is 0.198. The van der Waals surface area contributed by atoms with Gasteiger partial charge in [-0.15, -0.1) is 11.3 Å². The summed E-state index contributed by atoms with van der Waals surface area (Å²) in [7, 11) is 0. The van der Waals surface area contributed by atoms with Crippen molar-refractivity contribution in [3.05, 3.63) is 83.9 Å². The van der Waals surface area contributed by atoms with Crippen molar-refractivity contribution in [1.29, 1.82) is 0 Å². The van der Waals surface area contributed by atoms with Crippen molar-refractivity contribution in [1.82, 2.24) is 9.97 Å². The summed E-state index contributed by atoms with van der Waals surface area (Å²) in [5, 5.41) is 2.77. The van der Waals surface area contributed by atoms with Crippen LogP contribution in [0.1, 0.15) is 17.3 Å². The number of anilines is 1. The second-order valence-electron chi connectivity index (χ2n) is 7.39. The molecule has 4 aromatic rings. The van der Waals surface area contributed by atoms with Crippen molar-refractivity contribution < 1.29 is 14.3 Å². The molecule has 0 fully saturated rings. The van der Waals surface area contributed by atoms with Crippen molar-refractivity contribution in [2.75, 3.05) is 11.5 Å². The van der Waals surface area contributed by atoms with Gasteiger partial charge in [0.2, 0.25) is 0 Å². The zero-order valence-electron chi connectivity index (χ0n) is 17.3. The number of carbonyl (C=O) groups excluding carboxylic acids is 2. The Kier molecular flexibility index (Phi) is 5.25. The predicted molar refractivity (Wildman–Crippen MR) is 124 cm³/mol. The number of aromatic nitrogens is 2. The largest absolute Gasteiger partial charge is 0.482 e. The van der Waals surface area contributed by atoms with Gasteiger partial charge in [-0.25, -0.2) is 4.98 Å². The standard InChI is InChI=1S/C25H19N3O3S/c1-16(24(30)17-7-3-2-4-8-17)28-21-13-18(10-11-22(21)31-14-23(28)29)20-15-32-25(27-20)19-9-5-6-12-26-19/h2-13,15-16H,14H2,1H3. The van der Waals surface area contributed by atoms with Gasteiger partial charge in [-0.2, -0.15) is 0 Å². The first-order valence-electron chi connectivity index (χ1n) is 10.2. The summed E-state index contributed by atoms with van der Waals surface area (Å²) in [5.41, 5.74) is 3.56. The Morgan fingerprint density at radius 1 is 1.06 bits per heavy atom. The molecule has 0 N–H and O–H groups in total. The number of ether oxygens (including phenoxy) is 1. The Morgan fingerprint density at radius 2 is 1.88 bits per heavy atom. The van der Waals surface area contributed by atoms with Crippen LogP contribution >= 0.6 is 11.3 Å². The minimum absolute atomic E-state index is 0.0979. The zero-order chi connectivity index (χ0) is 22.1. The molecule has 0 saturated heterocycles. The number of amides is 1. The Hall–Kier alpha value is -3.84. The highest BCUT2D eigenvalue weighted by Crippen LogP contribution is 2.38. The molecule has 1 unspecified atom stereocenters. The van der Waals surface area contributed by atoms with E-state index in [1.807, 2.05) is 60.0 Å². The van der Waals surface area contributed by atoms with E-state index in [4.69, 9.17) is 9.72 Å². The first-order valence-corrected chi connectivity index (χ1v) is 11.1. The molecule has 0 saturated carbocycles. The first kappa shape index (κ1) is 20.1. The molecule has 1 aliphatic heterocycles. The van der Waals surface area contributed by atoms with Crippen LogP contribution in [0.5, 0.6) is 5.75 Å². The van der Waals surface area contributed by atoms with Crippen molar-refractivity contribution in [3.63, 3.8) is 0 Å². The molecule has 0 aliphatic carbocycles. The fraction of sp³-hybridized carbons (Fsp3) is 0.120. The van der Waals surface area contributed by atoms with Gasteiger partial charge < -0.3 is 4.74 Å². The molecule has 1 aliphatic rings. The van der Waals surface area contributed by atoms with Crippen LogP contribution in [0.3, 0.4) is 0 Å². The van der Waals surface area contributed by atoms with E-state index in [2.05, 4.69) is 4.98 Å². The number of pyridine rings is 1. The van der Waals surface area contributed by atoms with E-state index in [1.54, 1.807) is 25.3 Å². The molecule has 0 bridgehead atoms. The van der Waals surface area contributed by atoms with Gasteiger partial charge in [-0.1, -0.05) is 36.4 Å². The number of benzene rings is 2. The van der Waals surface area contributed by atoms with Crippen molar-refractivity contribution in [3.8, 4) is 27.7 Å². The Morgan fingerprint density at radius 3 is 2.66 bits per heavy atom. The van der Waals surface area contributed by atoms with Gasteiger partial charge in [0.25, 0.3) is 5.91 Å². The van der Waals surface area contributed by atoms with E-state index in [-0.39, 0.29) is 18.3 Å². The number of nitrogens with zero attached hydrogens (tertiary/aromatic N) is 3. The Bertz CT molecular complexity index is 1290. The van der Waals surface area contributed by atoms with Gasteiger partial charge in [0.1, 0.15) is 10.8 Å². The van der Waals surface area contributed by atoms with Crippen LogP contribution in [0.4, 0.5) is 5.69 Å². The third-order valence-electron chi connectivity index (χ3n) is 5.35. The van der Waals surface area contributed by atoms with Gasteiger partial charge in [0.15, 0.2) is 12.4 Å². The van der Waals surface area contributed by atoms with Crippen LogP contribution in [-0.2, 0) is 4.79 Å². The first-order chi connectivity index (χ1) is 15.6. The number of hydrogen-bond acceptors (Lipinski definition) is 6. The second kappa shape index (κ2) is 8.36. The van der Waals surface area contributed by atoms with Crippen LogP contribution < -0.4 is 9.64 Å². The summed E-state index contributed by atoms with van der Waals surface area (Å²) >= 11 is 1.51. The van der Waals surface area contributed by atoms with Crippen molar-refractivity contribution >= 4 is 28.7 Å². The molecule has 5 rings (SSSR count). The number of rotatable bonds is 5. The molecule has 1 atom stereocenters. The molecule has 1 amide bonds. The van der Waals surface area contributed by atoms with E-state index in [9.17, 15) is 9.59 Å². The SMILES string of the molecule is CC(C(=O)c1ccccc1)N1C(=O)COc2ccc(-c3csc(-c4ccccn4)n3)cc21. The highest BCUT2D eigenvalue weighted by molar-refractivity contribution is 7.13. The zero-order valence-corrected chi connectivity index (χ0v) is 18.1. The van der Waals surface area contributed by atoms with E-state index in [0.717, 1.165) is 22.0 Å². The number of ketones is 1. The maximum atomic E-state index is 13.1. The average Bonchev–Trinajstić information content (AvgIpc) is 3.34. The van der Waals surface area contributed by atoms with Crippen LogP contribution in [0.15, 0.2) is 78.3 Å². The molecule has 2 aromatic carbocycles. The predicted octanol–water partition coefficient (Wildman–Crippen LogP) is 4.87. The summed E-state index contributed by atoms with van der Waals surface area (Å²) in [6, 6.07) is 19.6. The van der Waals surface area contributed by atoms with Crippen LogP contribution in [-0.4, -0.2) is 34.3 Å². The normalized spacial score (nSPS) is 13.9. The fourth-order valence-corrected chi connectivity index (χ4v) is 4.53. The monoisotopic (exact) mass is 441 g/mol. The summed E-state index contributed by atoms with van der Waals surface area (Å²) in [6.45, 7) is 1.65. The lowest BCUT2D eigenvalue weighted by Crippen LogP contribution is -2.48. The smallest absolute Gasteiger partial charge is 0.265 e. The topological polar surface area (TPSA) is 72.4 Å². The second-order valence-corrected chi connectivity index (χ2v) is 8.25. The maximum Gasteiger partial charge on any atom is 0.265 e. The molecule has 0 spiro atoms. The summed E-state index contributed by atoms with van der Waals surface area (Å²) in [4.78, 5) is 36.5. The van der Waals surface area contributed by atoms with Crippen molar-refractivity contribution in [2.24, 2.45) is 0 Å². The van der Waals surface area contributed by atoms with E-state index in [0.29, 0.717) is 17.0 Å². The lowest BCUT2D eigenvalue weighted by molar-refractivity contribution is -0.121. The molecule has 6 nitrogen and oxygen atoms in total. The third-order valence-corrected chi connectivity index (χ3v) is 6.21. The summed E-state index contributed by atoms with van der Waals surface area (Å²) in [6.07, 6.45) is 1.74. The maximum absolute atomic E-state index is 13.1. The highest BCUT2D eigenvalue weighted by Gasteiger charge is 2.33. The number of carbonyl (C=O) groups is 2. The third kappa shape index (κ3) is 3.67. The highest BCUT2D eigenvalue weighted by atomic mass is 32.1. The van der Waals surface area contributed by atoms with Gasteiger partial charge in [-0.3, -0.25) is 19.5 Å². The fourth-order valence-electron chi connectivity index (χ4n) is 3.73. The van der Waals surface area contributed by atoms with Gasteiger partial charge >= 0.3 is 0 Å². The molecule has 7 heteroatoms. The molecule has 2 aromatic heterocycles. The molecule has 158 valence electrons. The molecular formula is C25H19N3O3S. The van der Waals surface area contributed by atoms with Crippen LogP contribution in [0.25, 0.3) is 22.0 Å². The Labute approximate surface area is 189 Å². The van der Waals surface area contributed by atoms with Gasteiger partial charge in [0, 0.05) is 22.7 Å². The molecule has 0 radical (unpaired) electrons. The Balaban J connectivity index is 1.50. The molecule has 3 heterocycles. The lowest BCUT2D eigenvalue weighted by Gasteiger charge is -2.33. The lowest BCUT2D eigenvalue weighted by atomic mass is 10.0. The number of thiazole rings is 1. The van der Waals surface area contributed by atoms with E-state index >= 15 is 0 Å².